The molecule has 1 aliphatic heterocycles. The van der Waals surface area contributed by atoms with Crippen molar-refractivity contribution in [2.75, 3.05) is 13.2 Å². The first-order valence-corrected chi connectivity index (χ1v) is 22.1. The Bertz CT molecular complexity index is 1980. The van der Waals surface area contributed by atoms with E-state index >= 15 is 0 Å². The molecule has 3 aromatic rings. The van der Waals surface area contributed by atoms with Gasteiger partial charge in [-0.3, -0.25) is 19.2 Å². The van der Waals surface area contributed by atoms with E-state index in [0.717, 1.165) is 33.7 Å². The normalized spacial score (nSPS) is 16.9. The molecule has 2 aromatic carbocycles. The molecule has 6 N–H and O–H groups in total. The number of halogens is 1. The first kappa shape index (κ1) is 48.9. The fourth-order valence-corrected chi connectivity index (χ4v) is 8.07. The average Bonchev–Trinajstić information content (AvgIpc) is 3.79. The number of hydrogen-bond acceptors (Lipinski definition) is 10. The zero-order chi connectivity index (χ0) is 45.1. The third-order valence-corrected chi connectivity index (χ3v) is 11.7. The molecule has 1 saturated heterocycles. The van der Waals surface area contributed by atoms with E-state index in [1.807, 2.05) is 70.5 Å². The maximum atomic E-state index is 14.1. The van der Waals surface area contributed by atoms with Gasteiger partial charge in [-0.25, -0.2) is 9.78 Å². The fraction of sp³-hybridized carbons (Fsp3) is 0.556. The van der Waals surface area contributed by atoms with Gasteiger partial charge < -0.3 is 41.2 Å². The maximum Gasteiger partial charge on any atom is 0.407 e. The predicted octanol–water partition coefficient (Wildman–Crippen LogP) is 6.78. The van der Waals surface area contributed by atoms with Crippen LogP contribution in [-0.2, 0) is 30.3 Å². The second-order valence-corrected chi connectivity index (χ2v) is 19.1. The fourth-order valence-electron chi connectivity index (χ4n) is 7.04. The van der Waals surface area contributed by atoms with Crippen molar-refractivity contribution in [1.82, 2.24) is 25.8 Å². The first-order valence-electron chi connectivity index (χ1n) is 20.9. The van der Waals surface area contributed by atoms with Crippen LogP contribution in [0.2, 0.25) is 5.02 Å². The molecule has 1 aliphatic rings. The number of aryl methyl sites for hydroxylation is 2. The van der Waals surface area contributed by atoms with Gasteiger partial charge in [0.1, 0.15) is 30.0 Å². The van der Waals surface area contributed by atoms with Gasteiger partial charge in [0.2, 0.25) is 23.6 Å². The zero-order valence-electron chi connectivity index (χ0n) is 36.6. The average molecular weight is 884 g/mol. The van der Waals surface area contributed by atoms with Crippen molar-refractivity contribution in [1.29, 1.82) is 0 Å². The Morgan fingerprint density at radius 3 is 2.31 bits per heavy atom. The number of hydrogen-bond donors (Lipinski definition) is 5. The highest BCUT2D eigenvalue weighted by molar-refractivity contribution is 7.13. The van der Waals surface area contributed by atoms with Crippen molar-refractivity contribution in [2.45, 2.75) is 143 Å². The van der Waals surface area contributed by atoms with E-state index in [1.165, 1.54) is 4.90 Å². The minimum absolute atomic E-state index is 0.00963. The number of rotatable bonds is 19. The highest BCUT2D eigenvalue weighted by Crippen LogP contribution is 2.30. The summed E-state index contributed by atoms with van der Waals surface area (Å²) < 4.78 is 11.3. The second-order valence-electron chi connectivity index (χ2n) is 17.9. The van der Waals surface area contributed by atoms with Crippen molar-refractivity contribution in [3.05, 3.63) is 69.8 Å². The van der Waals surface area contributed by atoms with Gasteiger partial charge in [-0.15, -0.1) is 11.3 Å². The number of alkyl carbamates (subject to hydrolysis) is 1. The van der Waals surface area contributed by atoms with Crippen molar-refractivity contribution >= 4 is 52.7 Å². The Morgan fingerprint density at radius 1 is 0.984 bits per heavy atom. The molecule has 0 spiro atoms. The number of likely N-dealkylation sites (tertiary alicyclic amines) is 1. The lowest BCUT2D eigenvalue weighted by Crippen LogP contribution is -2.57. The Labute approximate surface area is 368 Å². The number of β-amino-alcohol motifs (C(OH)–C–C–N with tert-alkyl or cyclic N) is 1. The van der Waals surface area contributed by atoms with Crippen LogP contribution < -0.4 is 26.4 Å². The third kappa shape index (κ3) is 15.3. The van der Waals surface area contributed by atoms with Gasteiger partial charge in [-0.05, 0) is 101 Å². The van der Waals surface area contributed by atoms with Crippen LogP contribution in [0.5, 0.6) is 5.75 Å². The summed E-state index contributed by atoms with van der Waals surface area (Å²) in [5.41, 5.74) is 9.54. The number of carbonyl (C=O) groups is 5. The van der Waals surface area contributed by atoms with E-state index in [1.54, 1.807) is 44.2 Å². The van der Waals surface area contributed by atoms with Crippen molar-refractivity contribution in [3.63, 3.8) is 0 Å². The summed E-state index contributed by atoms with van der Waals surface area (Å²) in [5, 5.41) is 19.9. The number of ether oxygens (including phenoxy) is 2. The van der Waals surface area contributed by atoms with Gasteiger partial charge in [0, 0.05) is 30.8 Å². The highest BCUT2D eigenvalue weighted by Gasteiger charge is 2.44. The van der Waals surface area contributed by atoms with Crippen LogP contribution in [0, 0.1) is 12.3 Å². The lowest BCUT2D eigenvalue weighted by Gasteiger charge is -2.35. The number of nitrogens with two attached hydrogens (primary N) is 1. The van der Waals surface area contributed by atoms with Crippen molar-refractivity contribution < 1.29 is 38.6 Å². The zero-order valence-corrected chi connectivity index (χ0v) is 38.2. The summed E-state index contributed by atoms with van der Waals surface area (Å²) in [7, 11) is 0. The number of aromatic nitrogens is 1. The van der Waals surface area contributed by atoms with Gasteiger partial charge in [0.25, 0.3) is 0 Å². The van der Waals surface area contributed by atoms with Crippen LogP contribution in [0.15, 0.2) is 48.0 Å². The summed E-state index contributed by atoms with van der Waals surface area (Å²) >= 11 is 8.09. The molecule has 0 radical (unpaired) electrons. The van der Waals surface area contributed by atoms with Gasteiger partial charge in [0.05, 0.1) is 34.3 Å². The molecule has 5 amide bonds. The molecule has 1 fully saturated rings. The highest BCUT2D eigenvalue weighted by atomic mass is 35.5. The molecule has 4 rings (SSSR count). The van der Waals surface area contributed by atoms with E-state index in [-0.39, 0.29) is 56.7 Å². The summed E-state index contributed by atoms with van der Waals surface area (Å²) in [4.78, 5) is 71.7. The van der Waals surface area contributed by atoms with Gasteiger partial charge in [-0.1, -0.05) is 63.1 Å². The van der Waals surface area contributed by atoms with E-state index in [4.69, 9.17) is 26.8 Å². The topological polar surface area (TPSA) is 202 Å². The minimum atomic E-state index is -0.919. The van der Waals surface area contributed by atoms with Crippen molar-refractivity contribution in [3.8, 4) is 16.2 Å². The largest absolute Gasteiger partial charge is 0.491 e. The second kappa shape index (κ2) is 21.9. The molecule has 16 heteroatoms. The SMILES string of the molecule is Cc1ncsc1-c1ccc([C@H](C)NC(=O)[C@@H]2C[C@@H](O)CN2C(=O)[C@@H](NC(=O)CCCCCc2cc(OC[C@H](CCC(N)=O)NC(=O)OC(C)(C)C)ccc2Cl)C(C)(C)C)cc1. The number of unbranched alkanes of at least 4 members (excludes halogenated alkanes) is 2. The summed E-state index contributed by atoms with van der Waals surface area (Å²) in [6.07, 6.45) is 1.77. The van der Waals surface area contributed by atoms with Crippen LogP contribution in [0.25, 0.3) is 10.4 Å². The van der Waals surface area contributed by atoms with Gasteiger partial charge >= 0.3 is 6.09 Å². The molecular weight excluding hydrogens is 820 g/mol. The molecule has 0 aliphatic carbocycles. The van der Waals surface area contributed by atoms with Crippen LogP contribution in [0.1, 0.15) is 116 Å². The Hall–Kier alpha value is -4.73. The molecule has 2 heterocycles. The van der Waals surface area contributed by atoms with Crippen LogP contribution in [0.3, 0.4) is 0 Å². The monoisotopic (exact) mass is 882 g/mol. The molecule has 61 heavy (non-hydrogen) atoms. The molecule has 0 saturated carbocycles. The standard InChI is InChI=1S/C45H63ClN6O8S/c1-27(29-14-16-30(17-15-29)39-28(2)48-26-61-39)49-41(56)36-23-33(53)24-52(36)42(57)40(44(3,4)5)51-38(55)13-11-9-10-12-31-22-34(19-20-35(31)46)59-25-32(18-21-37(47)54)50-43(58)60-45(6,7)8/h14-17,19-20,22,26-27,32-33,36,40,53H,9-13,18,21,23-25H2,1-8H3,(H2,47,54)(H,49,56)(H,50,58)(H,51,55)/t27-,32-,33+,36-,40+/m0/s1. The van der Waals surface area contributed by atoms with Crippen molar-refractivity contribution in [2.24, 2.45) is 11.1 Å². The molecule has 0 unspecified atom stereocenters. The Balaban J connectivity index is 1.27. The summed E-state index contributed by atoms with van der Waals surface area (Å²) in [6.45, 7) is 14.8. The Morgan fingerprint density at radius 2 is 1.69 bits per heavy atom. The molecule has 334 valence electrons. The summed E-state index contributed by atoms with van der Waals surface area (Å²) in [5.74, 6) is -1.01. The van der Waals surface area contributed by atoms with Gasteiger partial charge in [-0.2, -0.15) is 0 Å². The smallest absolute Gasteiger partial charge is 0.407 e. The number of aliphatic hydroxyl groups is 1. The Kier molecular flexibility index (Phi) is 17.5. The summed E-state index contributed by atoms with van der Waals surface area (Å²) in [6, 6.07) is 10.5. The number of benzene rings is 2. The lowest BCUT2D eigenvalue weighted by atomic mass is 9.85. The van der Waals surface area contributed by atoms with E-state index in [2.05, 4.69) is 20.9 Å². The number of primary amides is 1. The number of amides is 5. The number of carbonyl (C=O) groups excluding carboxylic acids is 5. The minimum Gasteiger partial charge on any atom is -0.491 e. The quantitative estimate of drug-likeness (QED) is 0.0805. The van der Waals surface area contributed by atoms with Gasteiger partial charge in [0.15, 0.2) is 0 Å². The maximum absolute atomic E-state index is 14.1. The molecular formula is C45H63ClN6O8S. The van der Waals surface area contributed by atoms with E-state index < -0.39 is 53.2 Å². The van der Waals surface area contributed by atoms with E-state index in [9.17, 15) is 29.1 Å². The van der Waals surface area contributed by atoms with Crippen LogP contribution in [-0.4, -0.2) is 87.7 Å². The lowest BCUT2D eigenvalue weighted by molar-refractivity contribution is -0.144. The molecule has 5 atom stereocenters. The number of nitrogens with zero attached hydrogens (tertiary/aromatic N) is 2. The molecule has 1 aromatic heterocycles. The van der Waals surface area contributed by atoms with Crippen LogP contribution in [0.4, 0.5) is 4.79 Å². The third-order valence-electron chi connectivity index (χ3n) is 10.3. The van der Waals surface area contributed by atoms with E-state index in [0.29, 0.717) is 30.0 Å². The van der Waals surface area contributed by atoms with Crippen LogP contribution >= 0.6 is 22.9 Å². The molecule has 14 nitrogen and oxygen atoms in total. The number of thiazole rings is 1. The molecule has 0 bridgehead atoms. The number of nitrogens with one attached hydrogen (secondary N) is 3. The first-order chi connectivity index (χ1) is 28.6. The number of aliphatic hydroxyl groups excluding tert-OH is 1. The predicted molar refractivity (Wildman–Crippen MR) is 237 cm³/mol.